The molecule has 0 saturated carbocycles. The van der Waals surface area contributed by atoms with E-state index in [2.05, 4.69) is 34.1 Å². The van der Waals surface area contributed by atoms with Gasteiger partial charge in [-0.15, -0.1) is 0 Å². The normalized spacial score (nSPS) is 19.0. The van der Waals surface area contributed by atoms with Crippen LogP contribution in [-0.2, 0) is 35.7 Å². The highest BCUT2D eigenvalue weighted by Crippen LogP contribution is 2.34. The van der Waals surface area contributed by atoms with E-state index in [1.54, 1.807) is 10.9 Å². The predicted octanol–water partition coefficient (Wildman–Crippen LogP) is 4.84. The number of ether oxygens (including phenoxy) is 2. The minimum absolute atomic E-state index is 0.123. The Kier molecular flexibility index (Phi) is 10.2. The lowest BCUT2D eigenvalue weighted by Crippen LogP contribution is -2.35. The maximum Gasteiger partial charge on any atom is 0.283 e. The molecule has 11 nitrogen and oxygen atoms in total. The highest BCUT2D eigenvalue weighted by Gasteiger charge is 2.46. The molecule has 0 radical (unpaired) electrons. The molecule has 4 atom stereocenters. The number of fused-ring (bicyclic) bond motifs is 1. The van der Waals surface area contributed by atoms with Crippen molar-refractivity contribution in [3.8, 4) is 0 Å². The van der Waals surface area contributed by atoms with Crippen LogP contribution in [0.3, 0.4) is 0 Å². The molecule has 2 N–H and O–H groups in total. The second kappa shape index (κ2) is 15.4. The maximum absolute atomic E-state index is 14.2. The summed E-state index contributed by atoms with van der Waals surface area (Å²) in [5.41, 5.74) is 4.01. The van der Waals surface area contributed by atoms with E-state index in [4.69, 9.17) is 19.5 Å². The molecular weight excluding hydrogens is 632 g/mol. The van der Waals surface area contributed by atoms with Crippen molar-refractivity contribution in [2.75, 3.05) is 6.61 Å². The molecule has 1 saturated heterocycles. The van der Waals surface area contributed by atoms with E-state index < -0.39 is 31.1 Å². The van der Waals surface area contributed by atoms with Crippen LogP contribution in [0.1, 0.15) is 28.5 Å². The Morgan fingerprint density at radius 2 is 1.38 bits per heavy atom. The Morgan fingerprint density at radius 3 is 1.96 bits per heavy atom. The molecule has 0 amide bonds. The zero-order valence-corrected chi connectivity index (χ0v) is 27.3. The zero-order chi connectivity index (χ0) is 34.3. The van der Waals surface area contributed by atoms with Crippen LogP contribution in [0.25, 0.3) is 11.2 Å². The van der Waals surface area contributed by atoms with Gasteiger partial charge in [-0.1, -0.05) is 121 Å². The first-order valence-corrected chi connectivity index (χ1v) is 16.5. The van der Waals surface area contributed by atoms with Crippen molar-refractivity contribution in [3.05, 3.63) is 160 Å². The van der Waals surface area contributed by atoms with Crippen molar-refractivity contribution in [1.82, 2.24) is 24.0 Å². The molecule has 50 heavy (non-hydrogen) atoms. The zero-order valence-electron chi connectivity index (χ0n) is 27.3. The van der Waals surface area contributed by atoms with Crippen LogP contribution in [0.5, 0.6) is 0 Å². The molecular formula is C39H38N6O5. The number of aromatic nitrogens is 4. The number of aliphatic hydroxyl groups excluding tert-OH is 2. The lowest BCUT2D eigenvalue weighted by atomic mass is 10.1. The number of aliphatic hydroxyl groups is 2. The SMILES string of the molecule is O=c1c2ncn([C@@H]3O[C@H](CO)[C@@H](O)[C@H]3OCc3ccccc3)c2nc(/N=C/N(Cc2ccccc2)Cc2ccccc2)n1Cc1ccccc1. The number of nitrogens with zero attached hydrogens (tertiary/aromatic N) is 6. The summed E-state index contributed by atoms with van der Waals surface area (Å²) in [7, 11) is 0. The van der Waals surface area contributed by atoms with Gasteiger partial charge in [0.15, 0.2) is 17.4 Å². The summed E-state index contributed by atoms with van der Waals surface area (Å²) in [5, 5.41) is 21.1. The largest absolute Gasteiger partial charge is 0.394 e. The molecule has 1 aliphatic rings. The van der Waals surface area contributed by atoms with E-state index in [1.165, 1.54) is 10.9 Å². The Bertz CT molecular complexity index is 2030. The van der Waals surface area contributed by atoms with Crippen LogP contribution in [0.4, 0.5) is 5.95 Å². The van der Waals surface area contributed by atoms with Gasteiger partial charge >= 0.3 is 0 Å². The smallest absolute Gasteiger partial charge is 0.283 e. The average Bonchev–Trinajstić information content (AvgIpc) is 3.72. The van der Waals surface area contributed by atoms with E-state index in [9.17, 15) is 15.0 Å². The lowest BCUT2D eigenvalue weighted by molar-refractivity contribution is -0.0761. The van der Waals surface area contributed by atoms with Crippen molar-refractivity contribution >= 4 is 23.5 Å². The van der Waals surface area contributed by atoms with Crippen LogP contribution in [0.2, 0.25) is 0 Å². The molecule has 1 aliphatic heterocycles. The summed E-state index contributed by atoms with van der Waals surface area (Å²) in [6, 6.07) is 39.4. The predicted molar refractivity (Wildman–Crippen MR) is 190 cm³/mol. The third kappa shape index (κ3) is 7.41. The van der Waals surface area contributed by atoms with Gasteiger partial charge < -0.3 is 24.6 Å². The van der Waals surface area contributed by atoms with E-state index in [1.807, 2.05) is 97.1 Å². The molecule has 0 spiro atoms. The molecule has 7 rings (SSSR count). The van der Waals surface area contributed by atoms with E-state index in [0.717, 1.165) is 22.3 Å². The fourth-order valence-electron chi connectivity index (χ4n) is 6.13. The molecule has 11 heteroatoms. The summed E-state index contributed by atoms with van der Waals surface area (Å²) in [4.78, 5) is 30.5. The summed E-state index contributed by atoms with van der Waals surface area (Å²) >= 11 is 0. The van der Waals surface area contributed by atoms with Crippen molar-refractivity contribution in [3.63, 3.8) is 0 Å². The van der Waals surface area contributed by atoms with Gasteiger partial charge in [-0.05, 0) is 22.3 Å². The molecule has 2 aromatic heterocycles. The Balaban J connectivity index is 1.28. The van der Waals surface area contributed by atoms with E-state index >= 15 is 0 Å². The van der Waals surface area contributed by atoms with Gasteiger partial charge in [0.1, 0.15) is 18.3 Å². The second-order valence-electron chi connectivity index (χ2n) is 12.2. The third-order valence-corrected chi connectivity index (χ3v) is 8.69. The second-order valence-corrected chi connectivity index (χ2v) is 12.2. The number of imidazole rings is 1. The molecule has 1 fully saturated rings. The van der Waals surface area contributed by atoms with Gasteiger partial charge in [0.2, 0.25) is 5.95 Å². The monoisotopic (exact) mass is 670 g/mol. The van der Waals surface area contributed by atoms with Gasteiger partial charge in [-0.3, -0.25) is 13.9 Å². The molecule has 3 heterocycles. The Morgan fingerprint density at radius 1 is 0.820 bits per heavy atom. The molecule has 6 aromatic rings. The number of hydrogen-bond donors (Lipinski definition) is 2. The number of hydrogen-bond acceptors (Lipinski definition) is 8. The average molecular weight is 671 g/mol. The fourth-order valence-corrected chi connectivity index (χ4v) is 6.13. The Labute approximate surface area is 289 Å². The highest BCUT2D eigenvalue weighted by atomic mass is 16.6. The first-order valence-electron chi connectivity index (χ1n) is 16.5. The van der Waals surface area contributed by atoms with E-state index in [-0.39, 0.29) is 35.8 Å². The summed E-state index contributed by atoms with van der Waals surface area (Å²) in [6.45, 7) is 1.19. The standard InChI is InChI=1S/C39H38N6O5/c46-24-32-34(47)35(49-25-31-19-11-4-12-20-31)38(50-32)45-27-40-33-36(45)42-39(44(37(33)48)23-30-17-9-3-10-18-30)41-26-43(21-28-13-5-1-6-14-28)22-29-15-7-2-8-16-29/h1-20,26-27,32,34-35,38,46-47H,21-25H2/b41-26+/t32-,34-,35-,38-/m1/s1. The van der Waals surface area contributed by atoms with Crippen molar-refractivity contribution in [2.45, 2.75) is 50.8 Å². The van der Waals surface area contributed by atoms with Gasteiger partial charge in [-0.2, -0.15) is 4.98 Å². The fraction of sp³-hybridized carbons (Fsp3) is 0.231. The Hall–Kier alpha value is -5.46. The minimum atomic E-state index is -1.13. The van der Waals surface area contributed by atoms with Gasteiger partial charge in [-0.25, -0.2) is 9.98 Å². The third-order valence-electron chi connectivity index (χ3n) is 8.69. The van der Waals surface area contributed by atoms with Crippen LogP contribution in [-0.4, -0.2) is 65.5 Å². The van der Waals surface area contributed by atoms with Gasteiger partial charge in [0, 0.05) is 13.1 Å². The summed E-state index contributed by atoms with van der Waals surface area (Å²) in [5.74, 6) is 0.179. The highest BCUT2D eigenvalue weighted by molar-refractivity contribution is 5.72. The topological polar surface area (TPSA) is 127 Å². The number of rotatable bonds is 13. The molecule has 0 unspecified atom stereocenters. The first kappa shape index (κ1) is 33.1. The van der Waals surface area contributed by atoms with Crippen LogP contribution < -0.4 is 5.56 Å². The van der Waals surface area contributed by atoms with Crippen molar-refractivity contribution in [1.29, 1.82) is 0 Å². The lowest BCUT2D eigenvalue weighted by Gasteiger charge is -2.22. The number of aliphatic imine (C=N–C) groups is 1. The van der Waals surface area contributed by atoms with E-state index in [0.29, 0.717) is 13.1 Å². The molecule has 0 aliphatic carbocycles. The van der Waals surface area contributed by atoms with Crippen LogP contribution in [0, 0.1) is 0 Å². The van der Waals surface area contributed by atoms with Gasteiger partial charge in [0.05, 0.1) is 32.4 Å². The molecule has 0 bridgehead atoms. The van der Waals surface area contributed by atoms with Crippen LogP contribution in [0.15, 0.2) is 137 Å². The minimum Gasteiger partial charge on any atom is -0.394 e. The quantitative estimate of drug-likeness (QED) is 0.132. The molecule has 254 valence electrons. The number of benzene rings is 4. The van der Waals surface area contributed by atoms with Crippen LogP contribution >= 0.6 is 0 Å². The van der Waals surface area contributed by atoms with Gasteiger partial charge in [0.25, 0.3) is 5.56 Å². The summed E-state index contributed by atoms with van der Waals surface area (Å²) in [6.07, 6.45) is -0.647. The first-order chi connectivity index (χ1) is 24.6. The van der Waals surface area contributed by atoms with Crippen molar-refractivity contribution in [2.24, 2.45) is 4.99 Å². The maximum atomic E-state index is 14.2. The molecule has 4 aromatic carbocycles. The summed E-state index contributed by atoms with van der Waals surface area (Å²) < 4.78 is 15.4. The van der Waals surface area contributed by atoms with Crippen molar-refractivity contribution < 1.29 is 19.7 Å².